The lowest BCUT2D eigenvalue weighted by atomic mass is 9.85. The van der Waals surface area contributed by atoms with E-state index in [2.05, 4.69) is 43.5 Å². The molecule has 0 aliphatic carbocycles. The van der Waals surface area contributed by atoms with Gasteiger partial charge in [-0.3, -0.25) is 9.59 Å². The molecule has 2 rings (SSSR count). The van der Waals surface area contributed by atoms with Crippen molar-refractivity contribution >= 4 is 30.4 Å². The summed E-state index contributed by atoms with van der Waals surface area (Å²) in [7, 11) is 1.69. The maximum absolute atomic E-state index is 12.6. The molecule has 1 unspecified atom stereocenters. The minimum absolute atomic E-state index is 0.457. The lowest BCUT2D eigenvalue weighted by molar-refractivity contribution is -0.160. The van der Waals surface area contributed by atoms with Crippen LogP contribution in [0.4, 0.5) is 0 Å². The molecule has 0 aliphatic rings. The van der Waals surface area contributed by atoms with Gasteiger partial charge in [0.2, 0.25) is 0 Å². The van der Waals surface area contributed by atoms with E-state index in [4.69, 9.17) is 14.2 Å². The molecule has 2 aromatic rings. The number of methoxy groups -OCH3 is 3. The van der Waals surface area contributed by atoms with Crippen LogP contribution < -0.4 is 10.4 Å². The van der Waals surface area contributed by atoms with Crippen molar-refractivity contribution in [3.05, 3.63) is 77.4 Å². The van der Waals surface area contributed by atoms with Crippen LogP contribution in [0.1, 0.15) is 46.0 Å². The van der Waals surface area contributed by atoms with Crippen LogP contribution in [0.2, 0.25) is 6.55 Å². The Kier molecular flexibility index (Phi) is 11.7. The van der Waals surface area contributed by atoms with Crippen LogP contribution in [0, 0.1) is 11.8 Å². The molecule has 194 valence electrons. The van der Waals surface area contributed by atoms with Crippen molar-refractivity contribution in [1.82, 2.24) is 0 Å². The number of carbonyl (C=O) groups excluding carboxylic acids is 2. The Morgan fingerprint density at radius 2 is 1.31 bits per heavy atom. The molecule has 0 N–H and O–H groups in total. The van der Waals surface area contributed by atoms with E-state index < -0.39 is 31.8 Å². The number of unbranched alkanes of at least 4 members (excludes halogenated alkanes) is 3. The molecule has 0 saturated heterocycles. The number of esters is 2. The van der Waals surface area contributed by atoms with E-state index in [1.54, 1.807) is 7.11 Å². The van der Waals surface area contributed by atoms with Crippen molar-refractivity contribution in [2.45, 2.75) is 52.5 Å². The van der Waals surface area contributed by atoms with Crippen LogP contribution in [-0.4, -0.2) is 41.3 Å². The maximum atomic E-state index is 12.6. The molecule has 0 aromatic heterocycles. The Morgan fingerprint density at radius 3 is 1.72 bits per heavy atom. The monoisotopic (exact) mass is 508 g/mol. The van der Waals surface area contributed by atoms with Crippen molar-refractivity contribution in [3.63, 3.8) is 0 Å². The van der Waals surface area contributed by atoms with Crippen molar-refractivity contribution in [2.75, 3.05) is 21.3 Å². The smallest absolute Gasteiger partial charge is 0.320 e. The Balaban J connectivity index is 2.78. The summed E-state index contributed by atoms with van der Waals surface area (Å²) < 4.78 is 16.1. The van der Waals surface area contributed by atoms with Crippen molar-refractivity contribution in [1.29, 1.82) is 0 Å². The van der Waals surface area contributed by atoms with Crippen molar-refractivity contribution in [3.8, 4) is 0 Å². The van der Waals surface area contributed by atoms with Gasteiger partial charge in [0, 0.05) is 5.92 Å². The third-order valence-electron chi connectivity index (χ3n) is 6.89. The number of hydrogen-bond donors (Lipinski definition) is 0. The highest BCUT2D eigenvalue weighted by atomic mass is 28.3. The fourth-order valence-electron chi connectivity index (χ4n) is 4.60. The quantitative estimate of drug-likeness (QED) is 0.0947. The molecule has 0 heterocycles. The SMILES string of the molecule is CCCCCCC(=C=C(OC)[Si](C)(c1ccccc1)c1ccccc1)C(C)C(C(=O)OC)C(=O)OC. The first-order valence-corrected chi connectivity index (χ1v) is 15.2. The fraction of sp³-hybridized carbons (Fsp3) is 0.433. The van der Waals surface area contributed by atoms with Gasteiger partial charge in [-0.2, -0.15) is 0 Å². The molecular formula is C30H40O5Si. The summed E-state index contributed by atoms with van der Waals surface area (Å²) in [5.41, 5.74) is 4.48. The van der Waals surface area contributed by atoms with E-state index in [9.17, 15) is 9.59 Å². The van der Waals surface area contributed by atoms with E-state index in [-0.39, 0.29) is 0 Å². The molecule has 0 fully saturated rings. The zero-order chi connectivity index (χ0) is 26.6. The molecule has 0 saturated carbocycles. The number of ether oxygens (including phenoxy) is 3. The summed E-state index contributed by atoms with van der Waals surface area (Å²) in [4.78, 5) is 25.3. The molecule has 0 radical (unpaired) electrons. The molecule has 1 atom stereocenters. The Labute approximate surface area is 217 Å². The number of rotatable bonds is 13. The van der Waals surface area contributed by atoms with Gasteiger partial charge in [-0.15, -0.1) is 0 Å². The topological polar surface area (TPSA) is 61.8 Å². The van der Waals surface area contributed by atoms with E-state index in [1.807, 2.05) is 43.3 Å². The molecule has 0 bridgehead atoms. The first-order chi connectivity index (χ1) is 17.3. The lowest BCUT2D eigenvalue weighted by Crippen LogP contribution is -2.57. The lowest BCUT2D eigenvalue weighted by Gasteiger charge is -2.29. The molecule has 36 heavy (non-hydrogen) atoms. The third kappa shape index (κ3) is 6.99. The van der Waals surface area contributed by atoms with E-state index in [0.29, 0.717) is 6.42 Å². The highest BCUT2D eigenvalue weighted by Crippen LogP contribution is 2.28. The predicted molar refractivity (Wildman–Crippen MR) is 147 cm³/mol. The van der Waals surface area contributed by atoms with E-state index >= 15 is 0 Å². The zero-order valence-corrected chi connectivity index (χ0v) is 23.5. The normalized spacial score (nSPS) is 11.9. The summed E-state index contributed by atoms with van der Waals surface area (Å²) in [6, 6.07) is 20.7. The second kappa shape index (κ2) is 14.5. The standard InChI is InChI=1S/C30H40O5Si/c1-7-8-9-12-17-24(23(2)28(29(31)34-4)30(32)35-5)22-27(33-3)36(6,25-18-13-10-14-19-25)26-20-15-11-16-21-26/h10-11,13-16,18-21,23,28H,7-9,12,17H2,1-6H3. The van der Waals surface area contributed by atoms with Gasteiger partial charge in [0.1, 0.15) is 5.38 Å². The van der Waals surface area contributed by atoms with Crippen LogP contribution in [0.3, 0.4) is 0 Å². The Hall–Kier alpha value is -3.08. The Morgan fingerprint density at radius 1 is 0.806 bits per heavy atom. The predicted octanol–water partition coefficient (Wildman–Crippen LogP) is 5.04. The van der Waals surface area contributed by atoms with Crippen LogP contribution in [0.5, 0.6) is 0 Å². The van der Waals surface area contributed by atoms with Gasteiger partial charge in [0.05, 0.1) is 21.3 Å². The summed E-state index contributed by atoms with van der Waals surface area (Å²) in [5, 5.41) is 3.14. The van der Waals surface area contributed by atoms with Crippen LogP contribution >= 0.6 is 0 Å². The molecular weight excluding hydrogens is 468 g/mol. The highest BCUT2D eigenvalue weighted by molar-refractivity contribution is 7.06. The molecule has 2 aromatic carbocycles. The average molecular weight is 509 g/mol. The first kappa shape index (κ1) is 29.1. The van der Waals surface area contributed by atoms with E-state index in [0.717, 1.165) is 36.6 Å². The fourth-order valence-corrected chi connectivity index (χ4v) is 8.00. The van der Waals surface area contributed by atoms with Gasteiger partial charge in [0.15, 0.2) is 14.0 Å². The number of carbonyl (C=O) groups is 2. The van der Waals surface area contributed by atoms with Crippen LogP contribution in [0.15, 0.2) is 77.4 Å². The summed E-state index contributed by atoms with van der Waals surface area (Å²) in [6.07, 6.45) is 4.94. The van der Waals surface area contributed by atoms with Crippen molar-refractivity contribution in [2.24, 2.45) is 11.8 Å². The molecule has 0 aliphatic heterocycles. The second-order valence-corrected chi connectivity index (χ2v) is 13.0. The largest absolute Gasteiger partial charge is 0.497 e. The average Bonchev–Trinajstić information content (AvgIpc) is 2.92. The Bertz CT molecular complexity index is 986. The third-order valence-corrected chi connectivity index (χ3v) is 11.1. The molecule has 0 spiro atoms. The highest BCUT2D eigenvalue weighted by Gasteiger charge is 2.40. The molecule has 6 heteroatoms. The van der Waals surface area contributed by atoms with Crippen molar-refractivity contribution < 1.29 is 23.8 Å². The van der Waals surface area contributed by atoms with E-state index in [1.165, 1.54) is 24.6 Å². The summed E-state index contributed by atoms with van der Waals surface area (Å²) in [5.74, 6) is -2.73. The van der Waals surface area contributed by atoms with Gasteiger partial charge in [-0.1, -0.05) is 106 Å². The minimum Gasteiger partial charge on any atom is -0.497 e. The van der Waals surface area contributed by atoms with Crippen LogP contribution in [0.25, 0.3) is 0 Å². The van der Waals surface area contributed by atoms with Gasteiger partial charge >= 0.3 is 11.9 Å². The summed E-state index contributed by atoms with van der Waals surface area (Å²) >= 11 is 0. The minimum atomic E-state index is -2.57. The number of hydrogen-bond acceptors (Lipinski definition) is 5. The van der Waals surface area contributed by atoms with Gasteiger partial charge in [-0.05, 0) is 28.8 Å². The maximum Gasteiger partial charge on any atom is 0.320 e. The van der Waals surface area contributed by atoms with Gasteiger partial charge in [-0.25, -0.2) is 0 Å². The zero-order valence-electron chi connectivity index (χ0n) is 22.5. The summed E-state index contributed by atoms with van der Waals surface area (Å²) in [6.45, 7) is 6.29. The van der Waals surface area contributed by atoms with Gasteiger partial charge in [0.25, 0.3) is 0 Å². The molecule has 5 nitrogen and oxygen atoms in total. The number of allylic oxidation sites excluding steroid dienone is 1. The van der Waals surface area contributed by atoms with Crippen LogP contribution in [-0.2, 0) is 23.8 Å². The first-order valence-electron chi connectivity index (χ1n) is 12.7. The van der Waals surface area contributed by atoms with Gasteiger partial charge < -0.3 is 14.2 Å². The number of benzene rings is 2. The second-order valence-electron chi connectivity index (χ2n) is 9.16. The molecule has 0 amide bonds.